The number of carboxylic acid groups (broad SMARTS) is 2. The average molecular weight is 668 g/mol. The summed E-state index contributed by atoms with van der Waals surface area (Å²) in [6.45, 7) is 1.74. The van der Waals surface area contributed by atoms with E-state index in [-0.39, 0.29) is 11.1 Å². The molecule has 51 heavy (non-hydrogen) atoms. The molecule has 0 bridgehead atoms. The van der Waals surface area contributed by atoms with Crippen LogP contribution in [0.3, 0.4) is 0 Å². The first kappa shape index (κ1) is 34.7. The van der Waals surface area contributed by atoms with Crippen LogP contribution in [0, 0.1) is 34.0 Å². The Morgan fingerprint density at radius 2 is 0.765 bits per heavy atom. The molecule has 5 aromatic carbocycles. The molecule has 0 aliphatic rings. The number of carboxylic acids is 2. The summed E-state index contributed by atoms with van der Waals surface area (Å²) in [6.07, 6.45) is 4.45. The van der Waals surface area contributed by atoms with Gasteiger partial charge in [0, 0.05) is 39.7 Å². The Morgan fingerprint density at radius 3 is 1.06 bits per heavy atom. The Hall–Kier alpha value is -7.67. The maximum absolute atomic E-state index is 11.4. The molecular weight excluding hydrogens is 638 g/mol. The summed E-state index contributed by atoms with van der Waals surface area (Å²) in [5.41, 5.74) is 6.88. The molecule has 0 unspecified atom stereocenters. The summed E-state index contributed by atoms with van der Waals surface area (Å²) in [7, 11) is 0. The Balaban J connectivity index is 1.56. The molecule has 0 aliphatic carbocycles. The van der Waals surface area contributed by atoms with Gasteiger partial charge in [0.25, 0.3) is 0 Å². The van der Waals surface area contributed by atoms with Crippen molar-refractivity contribution in [3.05, 3.63) is 161 Å². The molecule has 0 spiro atoms. The second-order valence-corrected chi connectivity index (χ2v) is 11.2. The molecule has 5 aromatic rings. The number of nitriles is 3. The molecule has 0 aromatic heterocycles. The van der Waals surface area contributed by atoms with Crippen LogP contribution in [-0.2, 0) is 9.59 Å². The highest BCUT2D eigenvalue weighted by molar-refractivity contribution is 5.97. The topological polar surface area (TPSA) is 152 Å². The van der Waals surface area contributed by atoms with Crippen molar-refractivity contribution in [1.82, 2.24) is 0 Å². The summed E-state index contributed by atoms with van der Waals surface area (Å²) < 4.78 is 0. The monoisotopic (exact) mass is 667 g/mol. The first-order chi connectivity index (χ1) is 24.7. The van der Waals surface area contributed by atoms with Crippen LogP contribution in [0.2, 0.25) is 0 Å². The summed E-state index contributed by atoms with van der Waals surface area (Å²) in [5, 5.41) is 46.1. The molecule has 0 radical (unpaired) electrons. The van der Waals surface area contributed by atoms with Gasteiger partial charge in [0.05, 0.1) is 6.07 Å². The molecule has 0 saturated carbocycles. The highest BCUT2D eigenvalue weighted by Gasteiger charge is 2.17. The van der Waals surface area contributed by atoms with Crippen molar-refractivity contribution in [2.24, 2.45) is 0 Å². The zero-order valence-electron chi connectivity index (χ0n) is 27.3. The molecule has 0 amide bonds. The minimum absolute atomic E-state index is 0.357. The van der Waals surface area contributed by atoms with Crippen LogP contribution >= 0.6 is 0 Å². The van der Waals surface area contributed by atoms with Crippen LogP contribution in [0.4, 0.5) is 34.1 Å². The number of nitrogens with zero attached hydrogens (tertiary/aromatic N) is 5. The smallest absolute Gasteiger partial charge is 0.346 e. The van der Waals surface area contributed by atoms with Crippen molar-refractivity contribution >= 4 is 64.3 Å². The van der Waals surface area contributed by atoms with Gasteiger partial charge in [-0.3, -0.25) is 0 Å². The number of hydrogen-bond acceptors (Lipinski definition) is 7. The number of para-hydroxylation sites is 1. The second kappa shape index (κ2) is 16.0. The zero-order chi connectivity index (χ0) is 36.3. The fourth-order valence-electron chi connectivity index (χ4n) is 5.28. The lowest BCUT2D eigenvalue weighted by molar-refractivity contribution is -0.133. The van der Waals surface area contributed by atoms with E-state index in [1.165, 1.54) is 12.2 Å². The van der Waals surface area contributed by atoms with Crippen molar-refractivity contribution in [3.8, 4) is 18.2 Å². The van der Waals surface area contributed by atoms with E-state index in [2.05, 4.69) is 11.0 Å². The molecule has 0 atom stereocenters. The van der Waals surface area contributed by atoms with E-state index in [1.54, 1.807) is 49.4 Å². The Kier molecular flexibility index (Phi) is 10.8. The van der Waals surface area contributed by atoms with Crippen molar-refractivity contribution in [2.45, 2.75) is 6.92 Å². The highest BCUT2D eigenvalue weighted by Crippen LogP contribution is 2.39. The van der Waals surface area contributed by atoms with Gasteiger partial charge >= 0.3 is 11.9 Å². The number of anilines is 6. The molecule has 0 heterocycles. The molecule has 0 fully saturated rings. The van der Waals surface area contributed by atoms with Crippen molar-refractivity contribution < 1.29 is 19.8 Å². The minimum Gasteiger partial charge on any atom is -0.477 e. The van der Waals surface area contributed by atoms with E-state index in [1.807, 2.05) is 108 Å². The van der Waals surface area contributed by atoms with Crippen LogP contribution < -0.4 is 9.80 Å². The first-order valence-corrected chi connectivity index (χ1v) is 15.5. The maximum Gasteiger partial charge on any atom is 0.346 e. The zero-order valence-corrected chi connectivity index (χ0v) is 27.3. The summed E-state index contributed by atoms with van der Waals surface area (Å²) >= 11 is 0. The van der Waals surface area contributed by atoms with E-state index < -0.39 is 11.9 Å². The predicted molar refractivity (Wildman–Crippen MR) is 198 cm³/mol. The Labute approximate surface area is 295 Å². The number of rotatable bonds is 11. The number of allylic oxidation sites excluding steroid dienone is 1. The molecule has 246 valence electrons. The third-order valence-electron chi connectivity index (χ3n) is 7.72. The van der Waals surface area contributed by atoms with Gasteiger partial charge < -0.3 is 20.0 Å². The van der Waals surface area contributed by atoms with Gasteiger partial charge in [-0.05, 0) is 115 Å². The van der Waals surface area contributed by atoms with E-state index in [0.717, 1.165) is 39.7 Å². The van der Waals surface area contributed by atoms with Crippen molar-refractivity contribution in [2.75, 3.05) is 9.80 Å². The SMILES string of the molecule is C/C(C#N)=C\c1ccc(N(c2ccc(/C=C(\C#N)C(=O)O)cc2)c2ccc(N(c3ccccc3)c3ccc(/C=C(/C#N)C(=O)O)cc3)cc2)cc1. The van der Waals surface area contributed by atoms with Gasteiger partial charge in [0.1, 0.15) is 23.3 Å². The Bertz CT molecular complexity index is 2270. The lowest BCUT2D eigenvalue weighted by Crippen LogP contribution is -2.12. The van der Waals surface area contributed by atoms with E-state index in [9.17, 15) is 35.6 Å². The quantitative estimate of drug-likeness (QED) is 0.104. The van der Waals surface area contributed by atoms with Gasteiger partial charge in [-0.1, -0.05) is 54.6 Å². The van der Waals surface area contributed by atoms with Crippen LogP contribution in [0.5, 0.6) is 0 Å². The molecule has 5 rings (SSSR count). The number of carbonyl (C=O) groups is 2. The third-order valence-corrected chi connectivity index (χ3v) is 7.72. The van der Waals surface area contributed by atoms with Gasteiger partial charge in [-0.2, -0.15) is 15.8 Å². The second-order valence-electron chi connectivity index (χ2n) is 11.2. The predicted octanol–water partition coefficient (Wildman–Crippen LogP) is 9.54. The largest absolute Gasteiger partial charge is 0.477 e. The van der Waals surface area contributed by atoms with Crippen LogP contribution in [0.25, 0.3) is 18.2 Å². The van der Waals surface area contributed by atoms with Crippen molar-refractivity contribution in [3.63, 3.8) is 0 Å². The number of hydrogen-bond donors (Lipinski definition) is 2. The van der Waals surface area contributed by atoms with E-state index >= 15 is 0 Å². The summed E-state index contributed by atoms with van der Waals surface area (Å²) in [6, 6.07) is 45.4. The van der Waals surface area contributed by atoms with Crippen LogP contribution in [-0.4, -0.2) is 22.2 Å². The van der Waals surface area contributed by atoms with E-state index in [0.29, 0.717) is 16.7 Å². The molecule has 9 heteroatoms. The number of aliphatic carboxylic acids is 2. The van der Waals surface area contributed by atoms with E-state index in [4.69, 9.17) is 0 Å². The van der Waals surface area contributed by atoms with Gasteiger partial charge in [0.15, 0.2) is 0 Å². The normalized spacial score (nSPS) is 11.5. The lowest BCUT2D eigenvalue weighted by atomic mass is 10.1. The van der Waals surface area contributed by atoms with Crippen LogP contribution in [0.15, 0.2) is 144 Å². The molecule has 0 saturated heterocycles. The highest BCUT2D eigenvalue weighted by atomic mass is 16.4. The molecular formula is C42H29N5O4. The van der Waals surface area contributed by atoms with Gasteiger partial charge in [-0.25, -0.2) is 9.59 Å². The lowest BCUT2D eigenvalue weighted by Gasteiger charge is -2.28. The third kappa shape index (κ3) is 8.44. The fraction of sp³-hybridized carbons (Fsp3) is 0.0238. The van der Waals surface area contributed by atoms with Gasteiger partial charge in [0.2, 0.25) is 0 Å². The summed E-state index contributed by atoms with van der Waals surface area (Å²) in [5.74, 6) is -2.59. The number of benzene rings is 5. The minimum atomic E-state index is -1.30. The Morgan fingerprint density at radius 1 is 0.471 bits per heavy atom. The maximum atomic E-state index is 11.4. The average Bonchev–Trinajstić information content (AvgIpc) is 3.15. The molecule has 2 N–H and O–H groups in total. The molecule has 9 nitrogen and oxygen atoms in total. The van der Waals surface area contributed by atoms with Crippen LogP contribution in [0.1, 0.15) is 23.6 Å². The first-order valence-electron chi connectivity index (χ1n) is 15.5. The fourth-order valence-corrected chi connectivity index (χ4v) is 5.28. The standard InChI is InChI=1S/C42H29N5O4/c1-29(26-43)23-30-7-13-37(14-8-30)47(38-17-11-32(12-18-38)25-34(28-45)42(50)51)40-21-19-39(20-22-40)46(35-5-3-2-4-6-35)36-15-9-31(10-16-36)24-33(27-44)41(48)49/h2-25H,1H3,(H,48,49)(H,50,51)/b29-23+,33-24-,34-25+. The molecule has 0 aliphatic heterocycles. The van der Waals surface area contributed by atoms with Gasteiger partial charge in [-0.15, -0.1) is 0 Å². The van der Waals surface area contributed by atoms with Crippen molar-refractivity contribution in [1.29, 1.82) is 15.8 Å². The summed E-state index contributed by atoms with van der Waals surface area (Å²) in [4.78, 5) is 26.8.